The van der Waals surface area contributed by atoms with E-state index < -0.39 is 5.92 Å². The highest BCUT2D eigenvalue weighted by Crippen LogP contribution is 2.44. The van der Waals surface area contributed by atoms with Crippen LogP contribution in [0.3, 0.4) is 0 Å². The number of allylic oxidation sites excluding steroid dienone is 1. The normalized spacial score (nSPS) is 14.6. The molecular formula is C25H24BrN5O4. The smallest absolute Gasteiger partial charge is 0.262 e. The maximum absolute atomic E-state index is 12.6. The Kier molecular flexibility index (Phi) is 6.71. The number of benzene rings is 2. The molecule has 4 N–H and O–H groups in total. The minimum Gasteiger partial charge on any atom is -0.493 e. The Morgan fingerprint density at radius 2 is 1.97 bits per heavy atom. The summed E-state index contributed by atoms with van der Waals surface area (Å²) < 4.78 is 17.8. The van der Waals surface area contributed by atoms with E-state index in [1.807, 2.05) is 32.9 Å². The lowest BCUT2D eigenvalue weighted by atomic mass is 9.84. The number of nitriles is 1. The van der Waals surface area contributed by atoms with Gasteiger partial charge in [-0.1, -0.05) is 22.0 Å². The van der Waals surface area contributed by atoms with E-state index >= 15 is 0 Å². The molecule has 0 saturated heterocycles. The van der Waals surface area contributed by atoms with Gasteiger partial charge >= 0.3 is 0 Å². The molecular weight excluding hydrogens is 514 g/mol. The maximum Gasteiger partial charge on any atom is 0.262 e. The number of rotatable bonds is 6. The molecule has 0 spiro atoms. The predicted molar refractivity (Wildman–Crippen MR) is 133 cm³/mol. The standard InChI is InChI=1S/C25H24BrN5O4/c1-12-7-16(26)8-13(2)23(12)29-20(32)11-34-18-6-5-15(9-19(18)33-4)22-17(10-27)24(28)35-25-21(22)14(3)30-31-25/h5-9,22H,11,28H2,1-4H3,(H,29,32)(H,30,31). The van der Waals surface area contributed by atoms with Crippen molar-refractivity contribution in [2.75, 3.05) is 19.0 Å². The zero-order valence-corrected chi connectivity index (χ0v) is 21.2. The molecule has 0 aliphatic carbocycles. The van der Waals surface area contributed by atoms with Gasteiger partial charge in [-0.2, -0.15) is 5.26 Å². The third-order valence-electron chi connectivity index (χ3n) is 5.77. The van der Waals surface area contributed by atoms with Crippen molar-refractivity contribution in [1.29, 1.82) is 5.26 Å². The second kappa shape index (κ2) is 9.72. The molecule has 1 aliphatic rings. The zero-order chi connectivity index (χ0) is 25.3. The van der Waals surface area contributed by atoms with Gasteiger partial charge in [-0.3, -0.25) is 9.89 Å². The van der Waals surface area contributed by atoms with Gasteiger partial charge in [0, 0.05) is 21.4 Å². The number of aromatic amines is 1. The summed E-state index contributed by atoms with van der Waals surface area (Å²) in [5.41, 5.74) is 11.1. The summed E-state index contributed by atoms with van der Waals surface area (Å²) in [7, 11) is 1.51. The van der Waals surface area contributed by atoms with Crippen LogP contribution in [0.5, 0.6) is 17.4 Å². The summed E-state index contributed by atoms with van der Waals surface area (Å²) in [5.74, 6) is 0.357. The number of nitrogens with two attached hydrogens (primary N) is 1. The molecule has 35 heavy (non-hydrogen) atoms. The minimum atomic E-state index is -0.489. The Labute approximate surface area is 211 Å². The Morgan fingerprint density at radius 1 is 1.26 bits per heavy atom. The van der Waals surface area contributed by atoms with Crippen LogP contribution >= 0.6 is 15.9 Å². The first-order chi connectivity index (χ1) is 16.7. The number of aromatic nitrogens is 2. The van der Waals surface area contributed by atoms with Gasteiger partial charge < -0.3 is 25.3 Å². The van der Waals surface area contributed by atoms with E-state index in [4.69, 9.17) is 19.9 Å². The molecule has 1 atom stereocenters. The highest BCUT2D eigenvalue weighted by Gasteiger charge is 2.34. The van der Waals surface area contributed by atoms with Gasteiger partial charge in [-0.15, -0.1) is 5.10 Å². The van der Waals surface area contributed by atoms with Crippen LogP contribution in [0, 0.1) is 32.1 Å². The van der Waals surface area contributed by atoms with Crippen molar-refractivity contribution in [1.82, 2.24) is 10.2 Å². The van der Waals surface area contributed by atoms with Crippen molar-refractivity contribution in [3.63, 3.8) is 0 Å². The van der Waals surface area contributed by atoms with Gasteiger partial charge in [-0.25, -0.2) is 0 Å². The van der Waals surface area contributed by atoms with Crippen LogP contribution in [0.4, 0.5) is 5.69 Å². The van der Waals surface area contributed by atoms with Crippen LogP contribution in [0.1, 0.15) is 33.9 Å². The highest BCUT2D eigenvalue weighted by atomic mass is 79.9. The van der Waals surface area contributed by atoms with E-state index in [0.717, 1.165) is 38.1 Å². The second-order valence-corrected chi connectivity index (χ2v) is 9.07. The van der Waals surface area contributed by atoms with Crippen LogP contribution in [-0.2, 0) is 4.79 Å². The van der Waals surface area contributed by atoms with E-state index in [1.54, 1.807) is 18.2 Å². The van der Waals surface area contributed by atoms with Crippen molar-refractivity contribution in [3.8, 4) is 23.4 Å². The number of ether oxygens (including phenoxy) is 3. The lowest BCUT2D eigenvalue weighted by molar-refractivity contribution is -0.118. The van der Waals surface area contributed by atoms with Crippen LogP contribution in [0.25, 0.3) is 0 Å². The van der Waals surface area contributed by atoms with Gasteiger partial charge in [0.1, 0.15) is 11.6 Å². The van der Waals surface area contributed by atoms with E-state index in [-0.39, 0.29) is 24.0 Å². The number of halogens is 1. The van der Waals surface area contributed by atoms with Gasteiger partial charge in [0.05, 0.1) is 13.0 Å². The number of amides is 1. The van der Waals surface area contributed by atoms with E-state index in [0.29, 0.717) is 17.4 Å². The number of aryl methyl sites for hydroxylation is 3. The van der Waals surface area contributed by atoms with Crippen molar-refractivity contribution in [2.24, 2.45) is 5.73 Å². The monoisotopic (exact) mass is 537 g/mol. The summed E-state index contributed by atoms with van der Waals surface area (Å²) >= 11 is 3.46. The van der Waals surface area contributed by atoms with E-state index in [9.17, 15) is 10.1 Å². The largest absolute Gasteiger partial charge is 0.493 e. The van der Waals surface area contributed by atoms with Crippen LogP contribution in [0.15, 0.2) is 46.3 Å². The Bertz CT molecular complexity index is 1370. The molecule has 3 aromatic rings. The lowest BCUT2D eigenvalue weighted by Crippen LogP contribution is -2.22. The van der Waals surface area contributed by atoms with E-state index in [1.165, 1.54) is 7.11 Å². The number of anilines is 1. The number of nitrogens with one attached hydrogen (secondary N) is 2. The number of hydrogen-bond acceptors (Lipinski definition) is 7. The topological polar surface area (TPSA) is 135 Å². The molecule has 1 amide bonds. The molecule has 10 heteroatoms. The fraction of sp³-hybridized carbons (Fsp3) is 0.240. The Hall–Kier alpha value is -3.97. The number of fused-ring (bicyclic) bond motifs is 1. The van der Waals surface area contributed by atoms with Gasteiger partial charge in [-0.05, 0) is 61.7 Å². The first-order valence-electron chi connectivity index (χ1n) is 10.7. The predicted octanol–water partition coefficient (Wildman–Crippen LogP) is 4.34. The maximum atomic E-state index is 12.6. The number of methoxy groups -OCH3 is 1. The fourth-order valence-corrected chi connectivity index (χ4v) is 4.83. The SMILES string of the molecule is COc1cc(C2C(C#N)=C(N)Oc3n[nH]c(C)c32)ccc1OCC(=O)Nc1c(C)cc(Br)cc1C. The molecule has 0 radical (unpaired) electrons. The molecule has 0 bridgehead atoms. The van der Waals surface area contributed by atoms with Crippen molar-refractivity contribution < 1.29 is 19.0 Å². The highest BCUT2D eigenvalue weighted by molar-refractivity contribution is 9.10. The zero-order valence-electron chi connectivity index (χ0n) is 19.7. The Balaban J connectivity index is 1.56. The number of hydrogen-bond donors (Lipinski definition) is 3. The number of carbonyl (C=O) groups excluding carboxylic acids is 1. The van der Waals surface area contributed by atoms with Crippen LogP contribution < -0.4 is 25.3 Å². The summed E-state index contributed by atoms with van der Waals surface area (Å²) in [6, 6.07) is 11.3. The van der Waals surface area contributed by atoms with Crippen LogP contribution in [-0.4, -0.2) is 29.8 Å². The summed E-state index contributed by atoms with van der Waals surface area (Å²) in [4.78, 5) is 12.6. The molecule has 0 saturated carbocycles. The van der Waals surface area contributed by atoms with Crippen molar-refractivity contribution in [3.05, 3.63) is 74.2 Å². The molecule has 2 heterocycles. The second-order valence-electron chi connectivity index (χ2n) is 8.15. The fourth-order valence-electron chi connectivity index (χ4n) is 4.14. The molecule has 2 aromatic carbocycles. The van der Waals surface area contributed by atoms with Gasteiger partial charge in [0.2, 0.25) is 11.8 Å². The van der Waals surface area contributed by atoms with Gasteiger partial charge in [0.15, 0.2) is 18.1 Å². The summed E-state index contributed by atoms with van der Waals surface area (Å²) in [6.45, 7) is 5.50. The average molecular weight is 538 g/mol. The molecule has 0 fully saturated rings. The first-order valence-corrected chi connectivity index (χ1v) is 11.5. The van der Waals surface area contributed by atoms with Crippen molar-refractivity contribution in [2.45, 2.75) is 26.7 Å². The van der Waals surface area contributed by atoms with E-state index in [2.05, 4.69) is 37.5 Å². The van der Waals surface area contributed by atoms with Crippen LogP contribution in [0.2, 0.25) is 0 Å². The quantitative estimate of drug-likeness (QED) is 0.425. The molecule has 4 rings (SSSR count). The molecule has 9 nitrogen and oxygen atoms in total. The molecule has 1 aliphatic heterocycles. The third-order valence-corrected chi connectivity index (χ3v) is 6.23. The summed E-state index contributed by atoms with van der Waals surface area (Å²) in [6.07, 6.45) is 0. The van der Waals surface area contributed by atoms with Gasteiger partial charge in [0.25, 0.3) is 5.91 Å². The Morgan fingerprint density at radius 3 is 2.63 bits per heavy atom. The lowest BCUT2D eigenvalue weighted by Gasteiger charge is -2.24. The number of H-pyrrole nitrogens is 1. The molecule has 180 valence electrons. The number of nitrogens with zero attached hydrogens (tertiary/aromatic N) is 2. The average Bonchev–Trinajstić information content (AvgIpc) is 3.18. The minimum absolute atomic E-state index is 0.00555. The third kappa shape index (κ3) is 4.68. The number of carbonyl (C=O) groups is 1. The first kappa shape index (κ1) is 24.2. The van der Waals surface area contributed by atoms with Crippen molar-refractivity contribution >= 4 is 27.5 Å². The molecule has 1 aromatic heterocycles. The molecule has 1 unspecified atom stereocenters. The summed E-state index contributed by atoms with van der Waals surface area (Å²) in [5, 5.41) is 19.7.